The Labute approximate surface area is 232 Å². The van der Waals surface area contributed by atoms with Crippen molar-refractivity contribution >= 4 is 29.1 Å². The quantitative estimate of drug-likeness (QED) is 0.363. The normalized spacial score (nSPS) is 15.9. The number of ether oxygens (including phenoxy) is 4. The van der Waals surface area contributed by atoms with E-state index in [1.54, 1.807) is 37.3 Å². The number of esters is 1. The van der Waals surface area contributed by atoms with Gasteiger partial charge in [-0.2, -0.15) is 0 Å². The van der Waals surface area contributed by atoms with Crippen LogP contribution in [0.3, 0.4) is 0 Å². The average Bonchev–Trinajstić information content (AvgIpc) is 3.56. The first-order valence-electron chi connectivity index (χ1n) is 12.5. The molecule has 0 radical (unpaired) electrons. The number of rotatable bonds is 6. The van der Waals surface area contributed by atoms with Crippen molar-refractivity contribution in [3.05, 3.63) is 109 Å². The van der Waals surface area contributed by atoms with Gasteiger partial charge in [-0.3, -0.25) is 9.36 Å². The predicted octanol–water partition coefficient (Wildman–Crippen LogP) is 3.38. The number of thiazole rings is 1. The summed E-state index contributed by atoms with van der Waals surface area (Å²) < 4.78 is 23.6. The first-order valence-corrected chi connectivity index (χ1v) is 13.3. The van der Waals surface area contributed by atoms with Crippen LogP contribution >= 0.6 is 11.3 Å². The van der Waals surface area contributed by atoms with Crippen LogP contribution in [-0.4, -0.2) is 36.2 Å². The van der Waals surface area contributed by atoms with E-state index in [1.165, 1.54) is 29.1 Å². The number of hydrogen-bond acceptors (Lipinski definition) is 9. The highest BCUT2D eigenvalue weighted by atomic mass is 32.1. The average molecular weight is 557 g/mol. The number of carbonyl (C=O) groups is 1. The number of phenols is 1. The van der Waals surface area contributed by atoms with Gasteiger partial charge in [0.15, 0.2) is 27.8 Å². The van der Waals surface area contributed by atoms with Crippen molar-refractivity contribution in [3.8, 4) is 23.0 Å². The van der Waals surface area contributed by atoms with Crippen molar-refractivity contribution in [2.45, 2.75) is 13.0 Å². The summed E-state index contributed by atoms with van der Waals surface area (Å²) in [6, 6.07) is 18.7. The van der Waals surface area contributed by atoms with Gasteiger partial charge in [0.25, 0.3) is 5.56 Å². The molecular weight excluding hydrogens is 532 g/mol. The topological polar surface area (TPSA) is 109 Å². The Morgan fingerprint density at radius 3 is 2.67 bits per heavy atom. The zero-order valence-electron chi connectivity index (χ0n) is 21.6. The first-order chi connectivity index (χ1) is 19.5. The van der Waals surface area contributed by atoms with E-state index >= 15 is 0 Å². The third-order valence-corrected chi connectivity index (χ3v) is 7.57. The van der Waals surface area contributed by atoms with Gasteiger partial charge in [-0.25, -0.2) is 9.79 Å². The molecule has 0 spiro atoms. The number of nitrogens with zero attached hydrogens (tertiary/aromatic N) is 2. The van der Waals surface area contributed by atoms with Gasteiger partial charge < -0.3 is 24.1 Å². The van der Waals surface area contributed by atoms with E-state index in [9.17, 15) is 14.7 Å². The number of hydrogen-bond donors (Lipinski definition) is 1. The molecule has 1 N–H and O–H groups in total. The SMILES string of the molecule is CCOC(=O)C1=C(c2ccccc2)N=c2s/c(=C\c3ccc(OC)c(O)c3)c(=O)n2C1c1ccc2c(c1)OCO2. The van der Waals surface area contributed by atoms with Crippen LogP contribution in [0.15, 0.2) is 82.1 Å². The highest BCUT2D eigenvalue weighted by Crippen LogP contribution is 2.40. The molecule has 0 saturated carbocycles. The summed E-state index contributed by atoms with van der Waals surface area (Å²) in [6.07, 6.45) is 1.68. The molecule has 0 aliphatic carbocycles. The number of methoxy groups -OCH3 is 1. The maximum atomic E-state index is 14.0. The fourth-order valence-corrected chi connectivity index (χ4v) is 5.79. The van der Waals surface area contributed by atoms with Gasteiger partial charge in [-0.15, -0.1) is 0 Å². The molecule has 202 valence electrons. The summed E-state index contributed by atoms with van der Waals surface area (Å²) in [4.78, 5) is 32.8. The standard InChI is InChI=1S/C30H24N2O7S/c1-3-37-29(35)25-26(18-7-5-4-6-8-18)31-30-32(27(25)19-10-12-22-23(15-19)39-16-38-22)28(34)24(40-30)14-17-9-11-21(36-2)20(33)13-17/h4-15,27,33H,3,16H2,1-2H3/b24-14-. The molecular formula is C30H24N2O7S. The van der Waals surface area contributed by atoms with Crippen molar-refractivity contribution in [1.82, 2.24) is 4.57 Å². The van der Waals surface area contributed by atoms with Gasteiger partial charge in [-0.05, 0) is 48.4 Å². The zero-order chi connectivity index (χ0) is 27.8. The van der Waals surface area contributed by atoms with Crippen molar-refractivity contribution < 1.29 is 28.8 Å². The van der Waals surface area contributed by atoms with Gasteiger partial charge >= 0.3 is 5.97 Å². The molecule has 3 aromatic carbocycles. The second-order valence-corrected chi connectivity index (χ2v) is 9.98. The van der Waals surface area contributed by atoms with E-state index in [2.05, 4.69) is 0 Å². The molecule has 2 aliphatic rings. The van der Waals surface area contributed by atoms with Gasteiger partial charge in [0.1, 0.15) is 0 Å². The Hall–Kier alpha value is -4.83. The van der Waals surface area contributed by atoms with Gasteiger partial charge in [-0.1, -0.05) is 53.8 Å². The minimum Gasteiger partial charge on any atom is -0.504 e. The number of fused-ring (bicyclic) bond motifs is 2. The number of benzene rings is 3. The maximum Gasteiger partial charge on any atom is 0.338 e. The smallest absolute Gasteiger partial charge is 0.338 e. The van der Waals surface area contributed by atoms with Crippen LogP contribution in [0.4, 0.5) is 0 Å². The lowest BCUT2D eigenvalue weighted by Gasteiger charge is -2.26. The number of aromatic hydroxyl groups is 1. The van der Waals surface area contributed by atoms with E-state index < -0.39 is 12.0 Å². The van der Waals surface area contributed by atoms with E-state index in [4.69, 9.17) is 23.9 Å². The summed E-state index contributed by atoms with van der Waals surface area (Å²) in [5, 5.41) is 10.3. The van der Waals surface area contributed by atoms with Crippen molar-refractivity contribution in [2.24, 2.45) is 4.99 Å². The second-order valence-electron chi connectivity index (χ2n) is 8.98. The molecule has 0 fully saturated rings. The summed E-state index contributed by atoms with van der Waals surface area (Å²) >= 11 is 1.20. The predicted molar refractivity (Wildman–Crippen MR) is 148 cm³/mol. The lowest BCUT2D eigenvalue weighted by Crippen LogP contribution is -2.40. The molecule has 10 heteroatoms. The molecule has 0 saturated heterocycles. The Morgan fingerprint density at radius 2 is 1.93 bits per heavy atom. The number of aromatic nitrogens is 1. The van der Waals surface area contributed by atoms with Crippen LogP contribution in [0.25, 0.3) is 11.8 Å². The fraction of sp³-hybridized carbons (Fsp3) is 0.167. The molecule has 2 aliphatic heterocycles. The van der Waals surface area contributed by atoms with Crippen LogP contribution in [0.2, 0.25) is 0 Å². The molecule has 1 unspecified atom stereocenters. The Kier molecular flexibility index (Phi) is 6.61. The first kappa shape index (κ1) is 25.4. The Bertz CT molecular complexity index is 1840. The maximum absolute atomic E-state index is 14.0. The minimum atomic E-state index is -0.841. The Balaban J connectivity index is 1.62. The highest BCUT2D eigenvalue weighted by Gasteiger charge is 2.36. The summed E-state index contributed by atoms with van der Waals surface area (Å²) in [7, 11) is 1.47. The lowest BCUT2D eigenvalue weighted by molar-refractivity contribution is -0.138. The molecule has 1 aromatic heterocycles. The van der Waals surface area contributed by atoms with Crippen LogP contribution in [-0.2, 0) is 9.53 Å². The molecule has 40 heavy (non-hydrogen) atoms. The third-order valence-electron chi connectivity index (χ3n) is 6.59. The lowest BCUT2D eigenvalue weighted by atomic mass is 9.93. The largest absolute Gasteiger partial charge is 0.504 e. The van der Waals surface area contributed by atoms with Crippen molar-refractivity contribution in [2.75, 3.05) is 20.5 Å². The third kappa shape index (κ3) is 4.42. The highest BCUT2D eigenvalue weighted by molar-refractivity contribution is 7.07. The van der Waals surface area contributed by atoms with E-state index in [0.717, 1.165) is 0 Å². The summed E-state index contributed by atoms with van der Waals surface area (Å²) in [5.41, 5.74) is 2.30. The second kappa shape index (κ2) is 10.4. The molecule has 3 heterocycles. The molecule has 6 rings (SSSR count). The molecule has 1 atom stereocenters. The monoisotopic (exact) mass is 556 g/mol. The van der Waals surface area contributed by atoms with E-state index in [0.29, 0.717) is 49.0 Å². The molecule has 0 amide bonds. The van der Waals surface area contributed by atoms with Crippen molar-refractivity contribution in [3.63, 3.8) is 0 Å². The fourth-order valence-electron chi connectivity index (χ4n) is 4.79. The molecule has 4 aromatic rings. The number of carbonyl (C=O) groups excluding carboxylic acids is 1. The molecule has 9 nitrogen and oxygen atoms in total. The summed E-state index contributed by atoms with van der Waals surface area (Å²) in [6.45, 7) is 1.98. The van der Waals surface area contributed by atoms with Crippen LogP contribution < -0.4 is 29.1 Å². The minimum absolute atomic E-state index is 0.0433. The van der Waals surface area contributed by atoms with Crippen LogP contribution in [0.5, 0.6) is 23.0 Å². The summed E-state index contributed by atoms with van der Waals surface area (Å²) in [5.74, 6) is 0.823. The van der Waals surface area contributed by atoms with Gasteiger partial charge in [0.2, 0.25) is 6.79 Å². The molecule has 0 bridgehead atoms. The van der Waals surface area contributed by atoms with Crippen LogP contribution in [0, 0.1) is 0 Å². The van der Waals surface area contributed by atoms with Gasteiger partial charge in [0, 0.05) is 5.56 Å². The van der Waals surface area contributed by atoms with Gasteiger partial charge in [0.05, 0.1) is 35.6 Å². The number of phenolic OH excluding ortho intramolecular Hbond substituents is 1. The van der Waals surface area contributed by atoms with E-state index in [1.807, 2.05) is 36.4 Å². The van der Waals surface area contributed by atoms with Crippen LogP contribution in [0.1, 0.15) is 29.7 Å². The zero-order valence-corrected chi connectivity index (χ0v) is 22.4. The van der Waals surface area contributed by atoms with E-state index in [-0.39, 0.29) is 30.3 Å². The Morgan fingerprint density at radius 1 is 1.12 bits per heavy atom. The van der Waals surface area contributed by atoms with Crippen molar-refractivity contribution in [1.29, 1.82) is 0 Å².